The summed E-state index contributed by atoms with van der Waals surface area (Å²) >= 11 is 0. The molecule has 36 heavy (non-hydrogen) atoms. The van der Waals surface area contributed by atoms with Crippen LogP contribution in [0.25, 0.3) is 0 Å². The molecule has 3 aromatic carbocycles. The van der Waals surface area contributed by atoms with E-state index in [9.17, 15) is 14.4 Å². The fourth-order valence-corrected chi connectivity index (χ4v) is 5.19. The lowest BCUT2D eigenvalue weighted by atomic mass is 9.74. The Balaban J connectivity index is 1.69. The molecule has 3 aromatic rings. The van der Waals surface area contributed by atoms with Crippen molar-refractivity contribution < 1.29 is 23.5 Å². The highest BCUT2D eigenvalue weighted by atomic mass is 19.1. The molecule has 7 heteroatoms. The van der Waals surface area contributed by atoms with Gasteiger partial charge in [-0.05, 0) is 38.0 Å². The molecule has 184 valence electrons. The molecule has 0 saturated heterocycles. The van der Waals surface area contributed by atoms with Crippen molar-refractivity contribution in [2.24, 2.45) is 0 Å². The van der Waals surface area contributed by atoms with Gasteiger partial charge in [-0.25, -0.2) is 9.18 Å². The molecule has 6 nitrogen and oxygen atoms in total. The summed E-state index contributed by atoms with van der Waals surface area (Å²) in [6.07, 6.45) is -1.33. The Hall–Kier alpha value is -4.00. The Labute approximate surface area is 209 Å². The zero-order valence-electron chi connectivity index (χ0n) is 20.4. The number of alkyl halides is 1. The number of fused-ring (bicyclic) bond motifs is 2. The molecule has 0 fully saturated rings. The van der Waals surface area contributed by atoms with Gasteiger partial charge in [0, 0.05) is 17.5 Å². The highest BCUT2D eigenvalue weighted by Gasteiger charge is 2.70. The number of nitrogens with one attached hydrogen (secondary N) is 1. The summed E-state index contributed by atoms with van der Waals surface area (Å²) < 4.78 is 22.9. The normalized spacial score (nSPS) is 22.8. The summed E-state index contributed by atoms with van der Waals surface area (Å²) in [6, 6.07) is 22.6. The van der Waals surface area contributed by atoms with Crippen LogP contribution in [0.2, 0.25) is 0 Å². The molecule has 1 heterocycles. The predicted molar refractivity (Wildman–Crippen MR) is 133 cm³/mol. The lowest BCUT2D eigenvalue weighted by Crippen LogP contribution is -2.67. The number of hydrogen-bond donors (Lipinski definition) is 1. The van der Waals surface area contributed by atoms with Crippen LogP contribution in [0.4, 0.5) is 14.9 Å². The van der Waals surface area contributed by atoms with E-state index >= 15 is 4.39 Å². The van der Waals surface area contributed by atoms with E-state index in [1.807, 2.05) is 30.3 Å². The molecular weight excluding hydrogens is 459 g/mol. The second-order valence-corrected chi connectivity index (χ2v) is 10.2. The molecule has 2 amide bonds. The first kappa shape index (κ1) is 23.7. The van der Waals surface area contributed by atoms with E-state index in [1.54, 1.807) is 69.3 Å². The van der Waals surface area contributed by atoms with Crippen LogP contribution < -0.4 is 10.2 Å². The lowest BCUT2D eigenvalue weighted by Gasteiger charge is -2.39. The van der Waals surface area contributed by atoms with E-state index in [0.29, 0.717) is 11.3 Å². The fourth-order valence-electron chi connectivity index (χ4n) is 5.19. The van der Waals surface area contributed by atoms with Gasteiger partial charge in [0.1, 0.15) is 5.60 Å². The van der Waals surface area contributed by atoms with Crippen molar-refractivity contribution in [3.8, 4) is 0 Å². The predicted octanol–water partition coefficient (Wildman–Crippen LogP) is 5.10. The second kappa shape index (κ2) is 8.29. The number of Topliss-reactive ketones (excluding diaryl/α,β-unsaturated/α-hetero) is 1. The summed E-state index contributed by atoms with van der Waals surface area (Å²) in [7, 11) is 0. The van der Waals surface area contributed by atoms with Crippen LogP contribution >= 0.6 is 0 Å². The van der Waals surface area contributed by atoms with Gasteiger partial charge >= 0.3 is 6.09 Å². The molecule has 0 spiro atoms. The van der Waals surface area contributed by atoms with Crippen molar-refractivity contribution in [2.75, 3.05) is 4.90 Å². The maximum absolute atomic E-state index is 17.4. The van der Waals surface area contributed by atoms with Crippen molar-refractivity contribution in [3.05, 3.63) is 101 Å². The molecule has 0 saturated carbocycles. The van der Waals surface area contributed by atoms with E-state index in [2.05, 4.69) is 5.32 Å². The van der Waals surface area contributed by atoms with E-state index in [4.69, 9.17) is 4.74 Å². The first-order valence-electron chi connectivity index (χ1n) is 11.8. The molecule has 1 aliphatic carbocycles. The summed E-state index contributed by atoms with van der Waals surface area (Å²) in [5.41, 5.74) is -3.80. The van der Waals surface area contributed by atoms with Crippen LogP contribution in [0.5, 0.6) is 0 Å². The minimum Gasteiger partial charge on any atom is -0.444 e. The molecule has 1 aliphatic heterocycles. The summed E-state index contributed by atoms with van der Waals surface area (Å²) in [4.78, 5) is 42.6. The average Bonchev–Trinajstić information content (AvgIpc) is 3.24. The van der Waals surface area contributed by atoms with Gasteiger partial charge in [-0.3, -0.25) is 14.9 Å². The van der Waals surface area contributed by atoms with Crippen LogP contribution in [0.1, 0.15) is 47.8 Å². The van der Waals surface area contributed by atoms with Crippen LogP contribution in [0.3, 0.4) is 0 Å². The minimum atomic E-state index is -2.76. The molecule has 2 aliphatic rings. The number of anilines is 1. The molecule has 0 unspecified atom stereocenters. The number of alkyl carbamates (subject to hydrolysis) is 1. The molecule has 0 radical (unpaired) electrons. The fraction of sp³-hybridized carbons (Fsp3) is 0.276. The number of amides is 2. The summed E-state index contributed by atoms with van der Waals surface area (Å²) in [5.74, 6) is -1.55. The number of benzene rings is 3. The van der Waals surface area contributed by atoms with Crippen LogP contribution in [-0.2, 0) is 28.0 Å². The van der Waals surface area contributed by atoms with Gasteiger partial charge in [0.25, 0.3) is 5.91 Å². The second-order valence-electron chi connectivity index (χ2n) is 10.2. The largest absolute Gasteiger partial charge is 0.444 e. The average molecular weight is 487 g/mol. The highest BCUT2D eigenvalue weighted by Crippen LogP contribution is 2.53. The number of ketones is 1. The van der Waals surface area contributed by atoms with E-state index in [-0.39, 0.29) is 24.1 Å². The third-order valence-corrected chi connectivity index (χ3v) is 6.69. The van der Waals surface area contributed by atoms with Gasteiger partial charge in [-0.1, -0.05) is 72.8 Å². The summed E-state index contributed by atoms with van der Waals surface area (Å²) in [6.45, 7) is 5.17. The molecular formula is C29H27FN2O4. The van der Waals surface area contributed by atoms with E-state index in [0.717, 1.165) is 5.56 Å². The Morgan fingerprint density at radius 2 is 1.61 bits per heavy atom. The number of hydrogen-bond acceptors (Lipinski definition) is 4. The zero-order valence-corrected chi connectivity index (χ0v) is 20.4. The number of nitrogens with zero attached hydrogens (tertiary/aromatic N) is 1. The SMILES string of the molecule is CC(C)(C)OC(=O)N[C@]1([C@@]2(F)Cc3ccccc3C2=O)C(=O)N(Cc2ccccc2)c2ccccc21. The quantitative estimate of drug-likeness (QED) is 0.557. The van der Waals surface area contributed by atoms with Crippen LogP contribution in [0, 0.1) is 0 Å². The van der Waals surface area contributed by atoms with Gasteiger partial charge in [0.15, 0.2) is 5.54 Å². The van der Waals surface area contributed by atoms with Crippen LogP contribution in [-0.4, -0.2) is 29.1 Å². The van der Waals surface area contributed by atoms with Gasteiger partial charge in [0.05, 0.1) is 12.2 Å². The van der Waals surface area contributed by atoms with Gasteiger partial charge in [-0.15, -0.1) is 0 Å². The number of rotatable bonds is 4. The van der Waals surface area contributed by atoms with Crippen molar-refractivity contribution in [1.29, 1.82) is 0 Å². The molecule has 5 rings (SSSR count). The Kier molecular flexibility index (Phi) is 5.47. The Morgan fingerprint density at radius 1 is 0.972 bits per heavy atom. The lowest BCUT2D eigenvalue weighted by molar-refractivity contribution is -0.129. The van der Waals surface area contributed by atoms with Crippen molar-refractivity contribution in [3.63, 3.8) is 0 Å². The maximum Gasteiger partial charge on any atom is 0.408 e. The number of halogens is 1. The van der Waals surface area contributed by atoms with E-state index < -0.39 is 34.6 Å². The number of para-hydroxylation sites is 1. The third kappa shape index (κ3) is 3.58. The summed E-state index contributed by atoms with van der Waals surface area (Å²) in [5, 5.41) is 2.57. The molecule has 1 N–H and O–H groups in total. The van der Waals surface area contributed by atoms with Gasteiger partial charge in [-0.2, -0.15) is 0 Å². The standard InChI is InChI=1S/C29H27FN2O4/c1-27(2,3)36-26(35)31-29(28(30)17-20-13-7-8-14-21(20)24(28)33)22-15-9-10-16-23(22)32(25(29)34)18-19-11-5-4-6-12-19/h4-16H,17-18H2,1-3H3,(H,31,35)/t28-,29+/m1/s1. The molecule has 0 bridgehead atoms. The van der Waals surface area contributed by atoms with Crippen molar-refractivity contribution >= 4 is 23.5 Å². The monoisotopic (exact) mass is 486 g/mol. The molecule has 2 atom stereocenters. The Morgan fingerprint density at radius 3 is 2.31 bits per heavy atom. The maximum atomic E-state index is 17.4. The smallest absolute Gasteiger partial charge is 0.408 e. The Bertz CT molecular complexity index is 1370. The first-order chi connectivity index (χ1) is 17.1. The van der Waals surface area contributed by atoms with Gasteiger partial charge < -0.3 is 9.64 Å². The topological polar surface area (TPSA) is 75.7 Å². The first-order valence-corrected chi connectivity index (χ1v) is 11.8. The number of carbonyl (C=O) groups excluding carboxylic acids is 3. The highest BCUT2D eigenvalue weighted by molar-refractivity contribution is 6.18. The number of ether oxygens (including phenoxy) is 1. The zero-order chi connectivity index (χ0) is 25.7. The van der Waals surface area contributed by atoms with Gasteiger partial charge in [0.2, 0.25) is 11.5 Å². The minimum absolute atomic E-state index is 0.144. The number of carbonyl (C=O) groups is 3. The van der Waals surface area contributed by atoms with E-state index in [1.165, 1.54) is 4.90 Å². The van der Waals surface area contributed by atoms with Crippen molar-refractivity contribution in [1.82, 2.24) is 5.32 Å². The van der Waals surface area contributed by atoms with Crippen LogP contribution in [0.15, 0.2) is 78.9 Å². The third-order valence-electron chi connectivity index (χ3n) is 6.69. The molecule has 0 aromatic heterocycles. The van der Waals surface area contributed by atoms with Crippen molar-refractivity contribution in [2.45, 2.75) is 50.5 Å².